The molecule has 39 heavy (non-hydrogen) atoms. The van der Waals surface area contributed by atoms with Crippen LogP contribution in [0.4, 0.5) is 0 Å². The lowest BCUT2D eigenvalue weighted by atomic mass is 9.79. The Morgan fingerprint density at radius 3 is 2.49 bits per heavy atom. The summed E-state index contributed by atoms with van der Waals surface area (Å²) in [5.74, 6) is 0.147. The summed E-state index contributed by atoms with van der Waals surface area (Å²) in [6.45, 7) is 5.22. The summed E-state index contributed by atoms with van der Waals surface area (Å²) in [5, 5.41) is 4.41. The van der Waals surface area contributed by atoms with Crippen molar-refractivity contribution in [3.63, 3.8) is 0 Å². The Kier molecular flexibility index (Phi) is 7.12. The maximum atomic E-state index is 14.0. The number of carbonyl (C=O) groups is 1. The Labute approximate surface area is 236 Å². The summed E-state index contributed by atoms with van der Waals surface area (Å²) in [5.41, 5.74) is 2.68. The average Bonchev–Trinajstić information content (AvgIpc) is 3.56. The quantitative estimate of drug-likeness (QED) is 0.222. The van der Waals surface area contributed by atoms with Gasteiger partial charge in [-0.05, 0) is 49.9 Å². The number of hydrogen-bond acceptors (Lipinski definition) is 6. The number of amides is 1. The van der Waals surface area contributed by atoms with Crippen molar-refractivity contribution in [2.75, 3.05) is 12.3 Å². The lowest BCUT2D eigenvalue weighted by Crippen LogP contribution is -2.39. The van der Waals surface area contributed by atoms with E-state index in [2.05, 4.69) is 43.4 Å². The number of rotatable bonds is 7. The molecular weight excluding hydrogens is 526 g/mol. The molecular formula is C31H33N3O3S2. The molecule has 0 unspecified atom stereocenters. The van der Waals surface area contributed by atoms with Gasteiger partial charge in [-0.25, -0.2) is 4.98 Å². The number of ether oxygens (including phenoxy) is 1. The molecule has 0 spiro atoms. The van der Waals surface area contributed by atoms with Gasteiger partial charge in [0, 0.05) is 23.3 Å². The van der Waals surface area contributed by atoms with Gasteiger partial charge < -0.3 is 10.1 Å². The minimum absolute atomic E-state index is 0.00320. The Bertz CT molecular complexity index is 1550. The minimum atomic E-state index is -0.326. The van der Waals surface area contributed by atoms with Gasteiger partial charge in [-0.2, -0.15) is 0 Å². The summed E-state index contributed by atoms with van der Waals surface area (Å²) < 4.78 is 7.67. The van der Waals surface area contributed by atoms with Crippen molar-refractivity contribution in [2.24, 2.45) is 0 Å². The fraction of sp³-hybridized carbons (Fsp3) is 0.387. The summed E-state index contributed by atoms with van der Waals surface area (Å²) in [6.07, 6.45) is 5.20. The average molecular weight is 560 g/mol. The van der Waals surface area contributed by atoms with Crippen LogP contribution in [0.1, 0.15) is 55.5 Å². The first-order valence-electron chi connectivity index (χ1n) is 13.6. The molecule has 0 atom stereocenters. The number of nitrogens with zero attached hydrogens (tertiary/aromatic N) is 2. The lowest BCUT2D eigenvalue weighted by Gasteiger charge is -2.30. The molecule has 6 nitrogen and oxygen atoms in total. The maximum absolute atomic E-state index is 14.0. The monoisotopic (exact) mass is 559 g/mol. The van der Waals surface area contributed by atoms with E-state index < -0.39 is 0 Å². The van der Waals surface area contributed by atoms with E-state index in [4.69, 9.17) is 9.72 Å². The largest absolute Gasteiger partial charge is 0.370 e. The number of para-hydroxylation sites is 1. The van der Waals surface area contributed by atoms with Crippen molar-refractivity contribution in [1.29, 1.82) is 0 Å². The molecule has 2 aromatic carbocycles. The van der Waals surface area contributed by atoms with Crippen LogP contribution in [0.2, 0.25) is 0 Å². The van der Waals surface area contributed by atoms with Crippen molar-refractivity contribution in [1.82, 2.24) is 14.9 Å². The van der Waals surface area contributed by atoms with Crippen molar-refractivity contribution < 1.29 is 9.53 Å². The zero-order chi connectivity index (χ0) is 27.0. The highest BCUT2D eigenvalue weighted by molar-refractivity contribution is 7.99. The van der Waals surface area contributed by atoms with Gasteiger partial charge in [-0.15, -0.1) is 11.3 Å². The molecule has 1 fully saturated rings. The maximum Gasteiger partial charge on any atom is 0.267 e. The van der Waals surface area contributed by atoms with Gasteiger partial charge in [-0.1, -0.05) is 73.1 Å². The zero-order valence-corrected chi connectivity index (χ0v) is 24.0. The molecule has 1 N–H and O–H groups in total. The van der Waals surface area contributed by atoms with Crippen molar-refractivity contribution in [2.45, 2.75) is 68.7 Å². The SMILES string of the molecule is CC1(C)Cc2c(sc3nc(SCC(=O)NCC4(c5ccccc5)CCCC4)n(-c4ccccc4)c(=O)c23)CO1. The molecule has 0 radical (unpaired) electrons. The first-order chi connectivity index (χ1) is 18.9. The summed E-state index contributed by atoms with van der Waals surface area (Å²) >= 11 is 2.84. The van der Waals surface area contributed by atoms with Crippen molar-refractivity contribution >= 4 is 39.2 Å². The highest BCUT2D eigenvalue weighted by Crippen LogP contribution is 2.41. The van der Waals surface area contributed by atoms with Gasteiger partial charge in [0.05, 0.1) is 29.0 Å². The fourth-order valence-corrected chi connectivity index (χ4v) is 7.92. The van der Waals surface area contributed by atoms with Crippen LogP contribution in [0.5, 0.6) is 0 Å². The molecule has 1 aliphatic carbocycles. The zero-order valence-electron chi connectivity index (χ0n) is 22.4. The van der Waals surface area contributed by atoms with E-state index in [0.29, 0.717) is 30.1 Å². The first-order valence-corrected chi connectivity index (χ1v) is 15.4. The van der Waals surface area contributed by atoms with Gasteiger partial charge in [0.25, 0.3) is 5.56 Å². The van der Waals surface area contributed by atoms with E-state index in [1.165, 1.54) is 41.5 Å². The number of fused-ring (bicyclic) bond motifs is 3. The van der Waals surface area contributed by atoms with Gasteiger partial charge >= 0.3 is 0 Å². The third kappa shape index (κ3) is 5.17. The molecule has 1 amide bonds. The van der Waals surface area contributed by atoms with E-state index in [1.54, 1.807) is 4.57 Å². The molecule has 8 heteroatoms. The van der Waals surface area contributed by atoms with Crippen LogP contribution < -0.4 is 10.9 Å². The number of nitrogens with one attached hydrogen (secondary N) is 1. The number of thioether (sulfide) groups is 1. The van der Waals surface area contributed by atoms with Crippen molar-refractivity contribution in [3.8, 4) is 5.69 Å². The Hall–Kier alpha value is -2.94. The summed E-state index contributed by atoms with van der Waals surface area (Å²) in [4.78, 5) is 33.9. The predicted molar refractivity (Wildman–Crippen MR) is 158 cm³/mol. The van der Waals surface area contributed by atoms with E-state index in [1.807, 2.05) is 36.4 Å². The number of aromatic nitrogens is 2. The normalized spacial score (nSPS) is 17.7. The second kappa shape index (κ2) is 10.6. The van der Waals surface area contributed by atoms with Crippen LogP contribution in [-0.2, 0) is 28.0 Å². The second-order valence-corrected chi connectivity index (χ2v) is 13.2. The Balaban J connectivity index is 1.28. The predicted octanol–water partition coefficient (Wildman–Crippen LogP) is 6.02. The molecule has 4 aromatic rings. The number of carbonyl (C=O) groups excluding carboxylic acids is 1. The number of benzene rings is 2. The minimum Gasteiger partial charge on any atom is -0.370 e. The lowest BCUT2D eigenvalue weighted by molar-refractivity contribution is -0.118. The van der Waals surface area contributed by atoms with E-state index >= 15 is 0 Å². The van der Waals surface area contributed by atoms with Crippen molar-refractivity contribution in [3.05, 3.63) is 87.0 Å². The molecule has 1 saturated carbocycles. The molecule has 2 aromatic heterocycles. The van der Waals surface area contributed by atoms with Gasteiger partial charge in [0.15, 0.2) is 5.16 Å². The van der Waals surface area contributed by atoms with Crippen LogP contribution in [-0.4, -0.2) is 33.4 Å². The van der Waals surface area contributed by atoms with Crippen LogP contribution in [0.3, 0.4) is 0 Å². The third-order valence-corrected chi connectivity index (χ3v) is 10.0. The summed E-state index contributed by atoms with van der Waals surface area (Å²) in [6, 6.07) is 20.1. The molecule has 0 bridgehead atoms. The molecule has 3 heterocycles. The Morgan fingerprint density at radius 1 is 1.08 bits per heavy atom. The standard InChI is InChI=1S/C31H33N3O3S2/c1-30(2)17-23-24(18-37-30)39-27-26(23)28(36)34(22-13-7-4-8-14-22)29(33-27)38-19-25(35)32-20-31(15-9-10-16-31)21-11-5-3-6-12-21/h3-8,11-14H,9-10,15-20H2,1-2H3,(H,32,35). The fourth-order valence-electron chi connectivity index (χ4n) is 5.94. The second-order valence-electron chi connectivity index (χ2n) is 11.2. The van der Waals surface area contributed by atoms with Crippen LogP contribution in [0.25, 0.3) is 15.9 Å². The molecule has 2 aliphatic rings. The van der Waals surface area contributed by atoms with Gasteiger partial charge in [0.1, 0.15) is 4.83 Å². The van der Waals surface area contributed by atoms with Gasteiger partial charge in [-0.3, -0.25) is 14.2 Å². The highest BCUT2D eigenvalue weighted by Gasteiger charge is 2.36. The Morgan fingerprint density at radius 2 is 1.77 bits per heavy atom. The number of hydrogen-bond donors (Lipinski definition) is 1. The molecule has 6 rings (SSSR count). The van der Waals surface area contributed by atoms with E-state index in [9.17, 15) is 9.59 Å². The van der Waals surface area contributed by atoms with E-state index in [0.717, 1.165) is 33.8 Å². The first kappa shape index (κ1) is 26.3. The van der Waals surface area contributed by atoms with Crippen LogP contribution >= 0.6 is 23.1 Å². The summed E-state index contributed by atoms with van der Waals surface area (Å²) in [7, 11) is 0. The smallest absolute Gasteiger partial charge is 0.267 e. The molecule has 202 valence electrons. The number of thiophene rings is 1. The highest BCUT2D eigenvalue weighted by atomic mass is 32.2. The van der Waals surface area contributed by atoms with Crippen LogP contribution in [0, 0.1) is 0 Å². The topological polar surface area (TPSA) is 73.2 Å². The van der Waals surface area contributed by atoms with Crippen LogP contribution in [0.15, 0.2) is 70.6 Å². The molecule has 1 aliphatic heterocycles. The molecule has 0 saturated heterocycles. The van der Waals surface area contributed by atoms with E-state index in [-0.39, 0.29) is 28.2 Å². The van der Waals surface area contributed by atoms with Gasteiger partial charge in [0.2, 0.25) is 5.91 Å². The third-order valence-electron chi connectivity index (χ3n) is 7.99.